The van der Waals surface area contributed by atoms with Crippen LogP contribution in [0.25, 0.3) is 16.9 Å². The van der Waals surface area contributed by atoms with Crippen molar-refractivity contribution >= 4 is 29.0 Å². The largest absolute Gasteiger partial charge is 0.416 e. The first kappa shape index (κ1) is 17.2. The zero-order valence-electron chi connectivity index (χ0n) is 13.2. The van der Waals surface area contributed by atoms with E-state index in [9.17, 15) is 13.2 Å². The van der Waals surface area contributed by atoms with Crippen LogP contribution < -0.4 is 5.32 Å². The van der Waals surface area contributed by atoms with Crippen molar-refractivity contribution in [2.45, 2.75) is 12.6 Å². The maximum Gasteiger partial charge on any atom is 0.416 e. The number of halogens is 5. The number of rotatable bonds is 2. The number of hydrogen-bond acceptors (Lipinski definition) is 2. The number of fused-ring (bicyclic) bond motifs is 1. The third-order valence-corrected chi connectivity index (χ3v) is 5.00. The lowest BCUT2D eigenvalue weighted by Gasteiger charge is -2.08. The van der Waals surface area contributed by atoms with Crippen LogP contribution in [-0.4, -0.2) is 16.3 Å². The Morgan fingerprint density at radius 1 is 1.04 bits per heavy atom. The molecule has 3 nitrogen and oxygen atoms in total. The van der Waals surface area contributed by atoms with E-state index in [1.807, 2.05) is 0 Å². The molecule has 2 heterocycles. The normalized spacial score (nSPS) is 13.6. The molecular formula is C18H12Cl2F3N3. The second kappa shape index (κ2) is 6.21. The Labute approximate surface area is 157 Å². The minimum atomic E-state index is -4.40. The zero-order chi connectivity index (χ0) is 18.5. The maximum atomic E-state index is 13.0. The van der Waals surface area contributed by atoms with E-state index in [2.05, 4.69) is 10.4 Å². The highest BCUT2D eigenvalue weighted by Gasteiger charge is 2.31. The van der Waals surface area contributed by atoms with E-state index in [0.717, 1.165) is 23.5 Å². The Morgan fingerprint density at radius 3 is 2.58 bits per heavy atom. The summed E-state index contributed by atoms with van der Waals surface area (Å²) in [6.45, 7) is 0.695. The van der Waals surface area contributed by atoms with Gasteiger partial charge in [-0.1, -0.05) is 35.3 Å². The molecule has 1 aliphatic rings. The van der Waals surface area contributed by atoms with Gasteiger partial charge in [0.1, 0.15) is 5.82 Å². The number of hydrogen-bond donors (Lipinski definition) is 1. The second-order valence-corrected chi connectivity index (χ2v) is 6.76. The first-order valence-electron chi connectivity index (χ1n) is 7.83. The number of nitrogens with one attached hydrogen (secondary N) is 1. The standard InChI is InChI=1S/C18H12Cl2F3N3/c19-14-5-4-12(9-15(14)20)26-17-13(6-7-24-17)16(25-26)10-2-1-3-11(8-10)18(21,22)23/h1-5,8-9,24H,6-7H2. The molecule has 4 rings (SSSR count). The Hall–Kier alpha value is -2.18. The van der Waals surface area contributed by atoms with Gasteiger partial charge in [-0.2, -0.15) is 18.3 Å². The molecule has 1 aromatic heterocycles. The molecule has 0 spiro atoms. The van der Waals surface area contributed by atoms with Gasteiger partial charge in [0, 0.05) is 17.7 Å². The first-order valence-corrected chi connectivity index (χ1v) is 8.59. The number of anilines is 1. The molecule has 1 N–H and O–H groups in total. The number of alkyl halides is 3. The molecule has 26 heavy (non-hydrogen) atoms. The van der Waals surface area contributed by atoms with Crippen LogP contribution in [0, 0.1) is 0 Å². The molecule has 0 bridgehead atoms. The Bertz CT molecular complexity index is 996. The van der Waals surface area contributed by atoms with Gasteiger partial charge in [-0.3, -0.25) is 0 Å². The van der Waals surface area contributed by atoms with E-state index in [-0.39, 0.29) is 0 Å². The number of nitrogens with zero attached hydrogens (tertiary/aromatic N) is 2. The third-order valence-electron chi connectivity index (χ3n) is 4.26. The maximum absolute atomic E-state index is 13.0. The van der Waals surface area contributed by atoms with Crippen molar-refractivity contribution in [2.24, 2.45) is 0 Å². The molecule has 0 aliphatic carbocycles. The van der Waals surface area contributed by atoms with Gasteiger partial charge in [0.15, 0.2) is 0 Å². The molecule has 8 heteroatoms. The van der Waals surface area contributed by atoms with Crippen molar-refractivity contribution in [2.75, 3.05) is 11.9 Å². The fourth-order valence-electron chi connectivity index (χ4n) is 3.05. The predicted molar refractivity (Wildman–Crippen MR) is 96.2 cm³/mol. The second-order valence-electron chi connectivity index (χ2n) is 5.94. The van der Waals surface area contributed by atoms with E-state index in [1.165, 1.54) is 6.07 Å². The Balaban J connectivity index is 1.86. The van der Waals surface area contributed by atoms with Crippen LogP contribution >= 0.6 is 23.2 Å². The van der Waals surface area contributed by atoms with Crippen molar-refractivity contribution in [3.05, 3.63) is 63.6 Å². The molecule has 0 radical (unpaired) electrons. The first-order chi connectivity index (χ1) is 12.3. The van der Waals surface area contributed by atoms with Crippen LogP contribution in [0.1, 0.15) is 11.1 Å². The van der Waals surface area contributed by atoms with Crippen molar-refractivity contribution in [1.29, 1.82) is 0 Å². The zero-order valence-corrected chi connectivity index (χ0v) is 14.8. The summed E-state index contributed by atoms with van der Waals surface area (Å²) >= 11 is 12.1. The molecule has 3 aromatic rings. The van der Waals surface area contributed by atoms with Gasteiger partial charge in [-0.05, 0) is 36.8 Å². The lowest BCUT2D eigenvalue weighted by Crippen LogP contribution is -2.05. The number of aromatic nitrogens is 2. The minimum Gasteiger partial charge on any atom is -0.369 e. The minimum absolute atomic E-state index is 0.382. The fourth-order valence-corrected chi connectivity index (χ4v) is 3.35. The molecule has 0 amide bonds. The van der Waals surface area contributed by atoms with E-state index in [1.54, 1.807) is 28.9 Å². The van der Waals surface area contributed by atoms with Gasteiger partial charge >= 0.3 is 6.18 Å². The van der Waals surface area contributed by atoms with Crippen LogP contribution in [0.3, 0.4) is 0 Å². The third kappa shape index (κ3) is 2.93. The SMILES string of the molecule is FC(F)(F)c1cccc(-c2nn(-c3ccc(Cl)c(Cl)c3)c3c2CCN3)c1. The van der Waals surface area contributed by atoms with Gasteiger partial charge < -0.3 is 5.32 Å². The van der Waals surface area contributed by atoms with Crippen LogP contribution in [0.15, 0.2) is 42.5 Å². The van der Waals surface area contributed by atoms with Gasteiger partial charge in [0.25, 0.3) is 0 Å². The quantitative estimate of drug-likeness (QED) is 0.589. The van der Waals surface area contributed by atoms with E-state index in [4.69, 9.17) is 23.2 Å². The predicted octanol–water partition coefficient (Wildman–Crippen LogP) is 5.83. The summed E-state index contributed by atoms with van der Waals surface area (Å²) in [5, 5.41) is 8.59. The van der Waals surface area contributed by atoms with Gasteiger partial charge in [-0.25, -0.2) is 4.68 Å². The van der Waals surface area contributed by atoms with E-state index in [0.29, 0.717) is 40.0 Å². The van der Waals surface area contributed by atoms with Crippen molar-refractivity contribution in [3.63, 3.8) is 0 Å². The van der Waals surface area contributed by atoms with Crippen LogP contribution in [0.5, 0.6) is 0 Å². The average molecular weight is 398 g/mol. The monoisotopic (exact) mass is 397 g/mol. The highest BCUT2D eigenvalue weighted by molar-refractivity contribution is 6.42. The van der Waals surface area contributed by atoms with Crippen molar-refractivity contribution in [3.8, 4) is 16.9 Å². The highest BCUT2D eigenvalue weighted by Crippen LogP contribution is 2.38. The topological polar surface area (TPSA) is 29.9 Å². The molecule has 0 saturated heterocycles. The van der Waals surface area contributed by atoms with Gasteiger partial charge in [0.2, 0.25) is 0 Å². The van der Waals surface area contributed by atoms with Crippen LogP contribution in [0.2, 0.25) is 10.0 Å². The molecule has 0 saturated carbocycles. The molecule has 1 aliphatic heterocycles. The molecule has 2 aromatic carbocycles. The van der Waals surface area contributed by atoms with Crippen molar-refractivity contribution in [1.82, 2.24) is 9.78 Å². The fraction of sp³-hybridized carbons (Fsp3) is 0.167. The molecule has 0 unspecified atom stereocenters. The molecule has 0 atom stereocenters. The summed E-state index contributed by atoms with van der Waals surface area (Å²) in [6.07, 6.45) is -3.72. The van der Waals surface area contributed by atoms with Crippen LogP contribution in [0.4, 0.5) is 19.0 Å². The smallest absolute Gasteiger partial charge is 0.369 e. The van der Waals surface area contributed by atoms with E-state index >= 15 is 0 Å². The average Bonchev–Trinajstić information content (AvgIpc) is 3.19. The summed E-state index contributed by atoms with van der Waals surface area (Å²) < 4.78 is 40.8. The summed E-state index contributed by atoms with van der Waals surface area (Å²) in [5.74, 6) is 0.760. The lowest BCUT2D eigenvalue weighted by atomic mass is 10.0. The Morgan fingerprint density at radius 2 is 1.85 bits per heavy atom. The Kier molecular flexibility index (Phi) is 4.12. The van der Waals surface area contributed by atoms with Gasteiger partial charge in [-0.15, -0.1) is 0 Å². The van der Waals surface area contributed by atoms with Crippen molar-refractivity contribution < 1.29 is 13.2 Å². The summed E-state index contributed by atoms with van der Waals surface area (Å²) in [5.41, 5.74) is 1.83. The van der Waals surface area contributed by atoms with Gasteiger partial charge in [0.05, 0.1) is 27.0 Å². The molecule has 0 fully saturated rings. The lowest BCUT2D eigenvalue weighted by molar-refractivity contribution is -0.137. The summed E-state index contributed by atoms with van der Waals surface area (Å²) in [6, 6.07) is 10.3. The summed E-state index contributed by atoms with van der Waals surface area (Å²) in [4.78, 5) is 0. The van der Waals surface area contributed by atoms with E-state index < -0.39 is 11.7 Å². The number of benzene rings is 2. The highest BCUT2D eigenvalue weighted by atomic mass is 35.5. The molecule has 134 valence electrons. The molecular weight excluding hydrogens is 386 g/mol. The summed E-state index contributed by atoms with van der Waals surface area (Å²) in [7, 11) is 0. The van der Waals surface area contributed by atoms with Crippen LogP contribution in [-0.2, 0) is 12.6 Å².